The van der Waals surface area contributed by atoms with Gasteiger partial charge in [0.2, 0.25) is 0 Å². The van der Waals surface area contributed by atoms with Gasteiger partial charge in [-0.15, -0.1) is 0 Å². The van der Waals surface area contributed by atoms with E-state index in [1.807, 2.05) is 73.8 Å². The Bertz CT molecular complexity index is 814. The van der Waals surface area contributed by atoms with Crippen molar-refractivity contribution < 1.29 is 4.79 Å². The molecule has 2 amide bonds. The second-order valence-electron chi connectivity index (χ2n) is 5.98. The third-order valence-electron chi connectivity index (χ3n) is 4.28. The number of aromatic nitrogens is 2. The van der Waals surface area contributed by atoms with Gasteiger partial charge >= 0.3 is 6.03 Å². The van der Waals surface area contributed by atoms with Crippen LogP contribution in [-0.4, -0.2) is 27.8 Å². The lowest BCUT2D eigenvalue weighted by molar-refractivity contribution is 0.194. The maximum atomic E-state index is 12.4. The number of benzene rings is 2. The van der Waals surface area contributed by atoms with Crippen molar-refractivity contribution in [2.45, 2.75) is 19.5 Å². The van der Waals surface area contributed by atoms with Gasteiger partial charge in [-0.1, -0.05) is 48.5 Å². The summed E-state index contributed by atoms with van der Waals surface area (Å²) in [6.07, 6.45) is 3.70. The average Bonchev–Trinajstić information content (AvgIpc) is 3.15. The fourth-order valence-corrected chi connectivity index (χ4v) is 2.61. The normalized spacial score (nSPS) is 11.8. The zero-order valence-corrected chi connectivity index (χ0v) is 14.5. The Morgan fingerprint density at radius 1 is 1.12 bits per heavy atom. The first-order chi connectivity index (χ1) is 12.1. The van der Waals surface area contributed by atoms with Crippen LogP contribution >= 0.6 is 0 Å². The van der Waals surface area contributed by atoms with Gasteiger partial charge in [0, 0.05) is 25.4 Å². The third kappa shape index (κ3) is 4.07. The number of urea groups is 1. The average molecular weight is 334 g/mol. The van der Waals surface area contributed by atoms with E-state index < -0.39 is 0 Å². The van der Waals surface area contributed by atoms with Crippen molar-refractivity contribution in [1.29, 1.82) is 0 Å². The summed E-state index contributed by atoms with van der Waals surface area (Å²) in [5, 5.41) is 7.29. The summed E-state index contributed by atoms with van der Waals surface area (Å²) in [5.41, 5.74) is 3.06. The summed E-state index contributed by atoms with van der Waals surface area (Å²) >= 11 is 0. The minimum absolute atomic E-state index is 0.00763. The van der Waals surface area contributed by atoms with Crippen molar-refractivity contribution in [3.05, 3.63) is 84.2 Å². The molecular formula is C20H22N4O. The standard InChI is InChI=1S/C20H22N4O/c1-16(18-9-5-3-6-10-18)23(2)20(25)21-13-17-14-22-24(15-17)19-11-7-4-8-12-19/h3-12,14-16H,13H2,1-2H3,(H,21,25)/t16-/m1/s1. The van der Waals surface area contributed by atoms with Crippen LogP contribution in [0.1, 0.15) is 24.1 Å². The fourth-order valence-electron chi connectivity index (χ4n) is 2.61. The van der Waals surface area contributed by atoms with Gasteiger partial charge in [0.05, 0.1) is 17.9 Å². The van der Waals surface area contributed by atoms with Gasteiger partial charge in [0.1, 0.15) is 0 Å². The van der Waals surface area contributed by atoms with Gasteiger partial charge < -0.3 is 10.2 Å². The van der Waals surface area contributed by atoms with Crippen LogP contribution in [0.15, 0.2) is 73.1 Å². The van der Waals surface area contributed by atoms with Crippen LogP contribution in [0.3, 0.4) is 0 Å². The minimum atomic E-state index is -0.108. The molecule has 0 radical (unpaired) electrons. The number of hydrogen-bond acceptors (Lipinski definition) is 2. The molecule has 3 rings (SSSR count). The zero-order chi connectivity index (χ0) is 17.6. The Morgan fingerprint density at radius 2 is 1.76 bits per heavy atom. The van der Waals surface area contributed by atoms with Gasteiger partial charge in [-0.3, -0.25) is 0 Å². The van der Waals surface area contributed by atoms with Crippen molar-refractivity contribution >= 4 is 6.03 Å². The van der Waals surface area contributed by atoms with E-state index in [1.165, 1.54) is 0 Å². The van der Waals surface area contributed by atoms with E-state index in [9.17, 15) is 4.79 Å². The molecule has 1 N–H and O–H groups in total. The number of nitrogens with one attached hydrogen (secondary N) is 1. The van der Waals surface area contributed by atoms with Crippen LogP contribution < -0.4 is 5.32 Å². The van der Waals surface area contributed by atoms with Crippen molar-refractivity contribution in [3.8, 4) is 5.69 Å². The predicted molar refractivity (Wildman–Crippen MR) is 98.4 cm³/mol. The van der Waals surface area contributed by atoms with E-state index in [1.54, 1.807) is 22.8 Å². The topological polar surface area (TPSA) is 50.2 Å². The molecule has 5 heteroatoms. The van der Waals surface area contributed by atoms with Gasteiger partial charge in [0.15, 0.2) is 0 Å². The van der Waals surface area contributed by atoms with Crippen molar-refractivity contribution in [2.75, 3.05) is 7.05 Å². The molecule has 3 aromatic rings. The number of carbonyl (C=O) groups is 1. The maximum absolute atomic E-state index is 12.4. The Morgan fingerprint density at radius 3 is 2.44 bits per heavy atom. The van der Waals surface area contributed by atoms with Crippen LogP contribution in [0.5, 0.6) is 0 Å². The lowest BCUT2D eigenvalue weighted by atomic mass is 10.1. The lowest BCUT2D eigenvalue weighted by Crippen LogP contribution is -2.38. The molecule has 1 heterocycles. The molecule has 2 aromatic carbocycles. The summed E-state index contributed by atoms with van der Waals surface area (Å²) in [4.78, 5) is 14.1. The summed E-state index contributed by atoms with van der Waals surface area (Å²) in [5.74, 6) is 0. The number of carbonyl (C=O) groups excluding carboxylic acids is 1. The van der Waals surface area contributed by atoms with E-state index in [0.717, 1.165) is 16.8 Å². The molecule has 0 saturated carbocycles. The zero-order valence-electron chi connectivity index (χ0n) is 14.5. The third-order valence-corrected chi connectivity index (χ3v) is 4.28. The number of hydrogen-bond donors (Lipinski definition) is 1. The van der Waals surface area contributed by atoms with E-state index >= 15 is 0 Å². The first kappa shape index (κ1) is 16.8. The quantitative estimate of drug-likeness (QED) is 0.772. The van der Waals surface area contributed by atoms with Crippen LogP contribution in [0.25, 0.3) is 5.69 Å². The molecule has 128 valence electrons. The summed E-state index contributed by atoms with van der Waals surface area (Å²) in [6.45, 7) is 2.46. The molecule has 0 bridgehead atoms. The summed E-state index contributed by atoms with van der Waals surface area (Å²) in [7, 11) is 1.81. The second-order valence-corrected chi connectivity index (χ2v) is 5.98. The summed E-state index contributed by atoms with van der Waals surface area (Å²) in [6, 6.07) is 19.8. The fraction of sp³-hybridized carbons (Fsp3) is 0.200. The molecule has 0 unspecified atom stereocenters. The minimum Gasteiger partial charge on any atom is -0.334 e. The molecule has 1 aromatic heterocycles. The Labute approximate surface area is 147 Å². The number of amides is 2. The van der Waals surface area contributed by atoms with Crippen LogP contribution in [0.2, 0.25) is 0 Å². The Hall–Kier alpha value is -3.08. The monoisotopic (exact) mass is 334 g/mol. The number of para-hydroxylation sites is 1. The molecule has 0 aliphatic carbocycles. The molecule has 0 spiro atoms. The molecule has 0 aliphatic rings. The molecule has 25 heavy (non-hydrogen) atoms. The van der Waals surface area contributed by atoms with Crippen LogP contribution in [0, 0.1) is 0 Å². The van der Waals surface area contributed by atoms with E-state index in [-0.39, 0.29) is 12.1 Å². The number of rotatable bonds is 5. The molecule has 0 aliphatic heterocycles. The highest BCUT2D eigenvalue weighted by atomic mass is 16.2. The van der Waals surface area contributed by atoms with Crippen molar-refractivity contribution in [1.82, 2.24) is 20.0 Å². The molecule has 5 nitrogen and oxygen atoms in total. The predicted octanol–water partition coefficient (Wildman–Crippen LogP) is 3.77. The highest BCUT2D eigenvalue weighted by Gasteiger charge is 2.16. The maximum Gasteiger partial charge on any atom is 0.317 e. The smallest absolute Gasteiger partial charge is 0.317 e. The van der Waals surface area contributed by atoms with Crippen molar-refractivity contribution in [2.24, 2.45) is 0 Å². The van der Waals surface area contributed by atoms with Gasteiger partial charge in [-0.25, -0.2) is 9.48 Å². The van der Waals surface area contributed by atoms with E-state index in [2.05, 4.69) is 10.4 Å². The summed E-state index contributed by atoms with van der Waals surface area (Å²) < 4.78 is 1.80. The van der Waals surface area contributed by atoms with Crippen molar-refractivity contribution in [3.63, 3.8) is 0 Å². The van der Waals surface area contributed by atoms with Crippen LogP contribution in [0.4, 0.5) is 4.79 Å². The van der Waals surface area contributed by atoms with E-state index in [4.69, 9.17) is 0 Å². The molecule has 0 fully saturated rings. The highest BCUT2D eigenvalue weighted by molar-refractivity contribution is 5.74. The second kappa shape index (κ2) is 7.66. The van der Waals surface area contributed by atoms with Gasteiger partial charge in [-0.05, 0) is 24.6 Å². The molecule has 1 atom stereocenters. The Balaban J connectivity index is 1.58. The van der Waals surface area contributed by atoms with Gasteiger partial charge in [0.25, 0.3) is 0 Å². The Kier molecular flexibility index (Phi) is 5.14. The highest BCUT2D eigenvalue weighted by Crippen LogP contribution is 2.18. The van der Waals surface area contributed by atoms with Gasteiger partial charge in [-0.2, -0.15) is 5.10 Å². The molecule has 0 saturated heterocycles. The molecular weight excluding hydrogens is 312 g/mol. The number of nitrogens with zero attached hydrogens (tertiary/aromatic N) is 3. The SMILES string of the molecule is C[C@H](c1ccccc1)N(C)C(=O)NCc1cnn(-c2ccccc2)c1. The van der Waals surface area contributed by atoms with E-state index in [0.29, 0.717) is 6.54 Å². The largest absolute Gasteiger partial charge is 0.334 e. The lowest BCUT2D eigenvalue weighted by Gasteiger charge is -2.25. The first-order valence-electron chi connectivity index (χ1n) is 8.29. The first-order valence-corrected chi connectivity index (χ1v) is 8.29. The van der Waals surface area contributed by atoms with Crippen LogP contribution in [-0.2, 0) is 6.54 Å².